The lowest BCUT2D eigenvalue weighted by Gasteiger charge is -2.37. The van der Waals surface area contributed by atoms with Gasteiger partial charge in [-0.15, -0.1) is 0 Å². The summed E-state index contributed by atoms with van der Waals surface area (Å²) in [4.78, 5) is 10.5. The number of nitro groups is 1. The van der Waals surface area contributed by atoms with Crippen molar-refractivity contribution in [1.29, 1.82) is 0 Å². The number of sulfonamides is 1. The molecule has 3 rings (SSSR count). The summed E-state index contributed by atoms with van der Waals surface area (Å²) < 4.78 is 38.7. The average molecular weight is 356 g/mol. The van der Waals surface area contributed by atoms with Crippen LogP contribution in [0.15, 0.2) is 23.1 Å². The summed E-state index contributed by atoms with van der Waals surface area (Å²) in [5.41, 5.74) is -0.0434. The predicted molar refractivity (Wildman–Crippen MR) is 85.1 cm³/mol. The Morgan fingerprint density at radius 2 is 1.96 bits per heavy atom. The minimum Gasteiger partial charge on any atom is -0.349 e. The maximum atomic E-state index is 13.1. The molecule has 0 N–H and O–H groups in total. The molecule has 2 saturated heterocycles. The van der Waals surface area contributed by atoms with Gasteiger partial charge in [0.2, 0.25) is 10.0 Å². The largest absolute Gasteiger partial charge is 0.349 e. The molecule has 2 fully saturated rings. The van der Waals surface area contributed by atoms with Crippen LogP contribution < -0.4 is 0 Å². The van der Waals surface area contributed by atoms with Crippen molar-refractivity contribution >= 4 is 15.7 Å². The second-order valence-electron chi connectivity index (χ2n) is 5.95. The minimum absolute atomic E-state index is 0.0263. The Morgan fingerprint density at radius 3 is 2.62 bits per heavy atom. The summed E-state index contributed by atoms with van der Waals surface area (Å²) in [6.07, 6.45) is 1.72. The van der Waals surface area contributed by atoms with E-state index in [-0.39, 0.29) is 16.1 Å². The van der Waals surface area contributed by atoms with Gasteiger partial charge in [-0.3, -0.25) is 10.1 Å². The fraction of sp³-hybridized carbons (Fsp3) is 0.600. The Hall–Kier alpha value is -1.55. The van der Waals surface area contributed by atoms with E-state index < -0.39 is 27.3 Å². The van der Waals surface area contributed by atoms with Crippen molar-refractivity contribution in [2.45, 2.75) is 43.4 Å². The first kappa shape index (κ1) is 17.3. The van der Waals surface area contributed by atoms with Gasteiger partial charge in [0.1, 0.15) is 0 Å². The molecule has 1 unspecified atom stereocenters. The number of hydrogen-bond donors (Lipinski definition) is 0. The van der Waals surface area contributed by atoms with E-state index in [1.807, 2.05) is 0 Å². The summed E-state index contributed by atoms with van der Waals surface area (Å²) >= 11 is 0. The van der Waals surface area contributed by atoms with Gasteiger partial charge in [0.15, 0.2) is 6.29 Å². The smallest absolute Gasteiger partial charge is 0.273 e. The second-order valence-corrected chi connectivity index (χ2v) is 7.81. The highest BCUT2D eigenvalue weighted by Gasteiger charge is 2.41. The maximum absolute atomic E-state index is 13.1. The normalized spacial score (nSPS) is 23.5. The molecule has 2 heterocycles. The van der Waals surface area contributed by atoms with Crippen LogP contribution in [0.5, 0.6) is 0 Å². The number of ether oxygens (including phenoxy) is 2. The van der Waals surface area contributed by atoms with Gasteiger partial charge in [-0.05, 0) is 25.8 Å². The highest BCUT2D eigenvalue weighted by molar-refractivity contribution is 7.89. The van der Waals surface area contributed by atoms with E-state index in [1.54, 1.807) is 0 Å². The van der Waals surface area contributed by atoms with Gasteiger partial charge in [0.25, 0.3) is 5.69 Å². The summed E-state index contributed by atoms with van der Waals surface area (Å²) in [7, 11) is -3.87. The van der Waals surface area contributed by atoms with E-state index in [4.69, 9.17) is 9.47 Å². The van der Waals surface area contributed by atoms with Gasteiger partial charge in [0.05, 0.1) is 29.1 Å². The van der Waals surface area contributed by atoms with Crippen LogP contribution in [0.4, 0.5) is 5.69 Å². The average Bonchev–Trinajstić information content (AvgIpc) is 3.09. The molecule has 2 aliphatic heterocycles. The molecule has 0 aliphatic carbocycles. The third kappa shape index (κ3) is 3.04. The number of hydrogen-bond acceptors (Lipinski definition) is 6. The standard InChI is InChI=1S/C15H20N2O6S/c1-11-12(17(18)19)6-4-7-14(11)24(20,21)16-8-3-2-5-13(16)15-22-9-10-23-15/h4,6-7,13,15H,2-3,5,8-10H2,1H3. The second kappa shape index (κ2) is 6.75. The van der Waals surface area contributed by atoms with Crippen molar-refractivity contribution in [3.05, 3.63) is 33.9 Å². The van der Waals surface area contributed by atoms with Crippen LogP contribution >= 0.6 is 0 Å². The van der Waals surface area contributed by atoms with Crippen molar-refractivity contribution < 1.29 is 22.8 Å². The summed E-state index contributed by atoms with van der Waals surface area (Å²) in [6, 6.07) is 3.73. The topological polar surface area (TPSA) is 99.0 Å². The molecule has 24 heavy (non-hydrogen) atoms. The van der Waals surface area contributed by atoms with Gasteiger partial charge < -0.3 is 9.47 Å². The molecular weight excluding hydrogens is 336 g/mol. The van der Waals surface area contributed by atoms with Gasteiger partial charge in [-0.25, -0.2) is 8.42 Å². The fourth-order valence-corrected chi connectivity index (χ4v) is 5.23. The highest BCUT2D eigenvalue weighted by atomic mass is 32.2. The summed E-state index contributed by atoms with van der Waals surface area (Å²) in [6.45, 7) is 2.72. The zero-order valence-corrected chi connectivity index (χ0v) is 14.2. The van der Waals surface area contributed by atoms with Gasteiger partial charge in [-0.1, -0.05) is 12.5 Å². The van der Waals surface area contributed by atoms with Crippen LogP contribution in [0.2, 0.25) is 0 Å². The highest BCUT2D eigenvalue weighted by Crippen LogP contribution is 2.33. The summed E-state index contributed by atoms with van der Waals surface area (Å²) in [5, 5.41) is 11.1. The minimum atomic E-state index is -3.87. The Labute approximate surface area is 140 Å². The van der Waals surface area contributed by atoms with Gasteiger partial charge >= 0.3 is 0 Å². The first-order valence-electron chi connectivity index (χ1n) is 7.92. The first-order chi connectivity index (χ1) is 11.4. The molecule has 8 nitrogen and oxygen atoms in total. The number of piperidine rings is 1. The molecule has 0 amide bonds. The molecule has 2 aliphatic rings. The predicted octanol–water partition coefficient (Wildman–Crippen LogP) is 1.82. The molecule has 1 atom stereocenters. The Balaban J connectivity index is 1.99. The van der Waals surface area contributed by atoms with Crippen LogP contribution in [0.1, 0.15) is 24.8 Å². The van der Waals surface area contributed by atoms with E-state index in [1.165, 1.54) is 29.4 Å². The van der Waals surface area contributed by atoms with Crippen molar-refractivity contribution in [3.63, 3.8) is 0 Å². The van der Waals surface area contributed by atoms with Gasteiger partial charge in [-0.2, -0.15) is 4.31 Å². The Kier molecular flexibility index (Phi) is 4.86. The Morgan fingerprint density at radius 1 is 1.25 bits per heavy atom. The van der Waals surface area contributed by atoms with E-state index >= 15 is 0 Å². The fourth-order valence-electron chi connectivity index (χ4n) is 3.31. The van der Waals surface area contributed by atoms with Crippen LogP contribution in [0.25, 0.3) is 0 Å². The number of nitrogens with zero attached hydrogens (tertiary/aromatic N) is 2. The molecule has 0 saturated carbocycles. The number of rotatable bonds is 4. The first-order valence-corrected chi connectivity index (χ1v) is 9.36. The number of benzene rings is 1. The Bertz CT molecular complexity index is 729. The zero-order valence-electron chi connectivity index (χ0n) is 13.4. The maximum Gasteiger partial charge on any atom is 0.273 e. The quantitative estimate of drug-likeness (QED) is 0.603. The third-order valence-corrected chi connectivity index (χ3v) is 6.57. The van der Waals surface area contributed by atoms with Crippen LogP contribution in [0.3, 0.4) is 0 Å². The van der Waals surface area contributed by atoms with Crippen molar-refractivity contribution in [2.75, 3.05) is 19.8 Å². The lowest BCUT2D eigenvalue weighted by atomic mass is 10.0. The lowest BCUT2D eigenvalue weighted by molar-refractivity contribution is -0.385. The number of nitro benzene ring substituents is 1. The van der Waals surface area contributed by atoms with Crippen LogP contribution in [-0.2, 0) is 19.5 Å². The van der Waals surface area contributed by atoms with Crippen LogP contribution in [0, 0.1) is 17.0 Å². The molecule has 0 spiro atoms. The molecule has 9 heteroatoms. The van der Waals surface area contributed by atoms with E-state index in [0.717, 1.165) is 12.8 Å². The van der Waals surface area contributed by atoms with E-state index in [9.17, 15) is 18.5 Å². The molecule has 0 bridgehead atoms. The molecule has 1 aromatic rings. The van der Waals surface area contributed by atoms with Crippen molar-refractivity contribution in [3.8, 4) is 0 Å². The zero-order chi connectivity index (χ0) is 17.3. The van der Waals surface area contributed by atoms with E-state index in [2.05, 4.69) is 0 Å². The lowest BCUT2D eigenvalue weighted by Crippen LogP contribution is -2.50. The van der Waals surface area contributed by atoms with Gasteiger partial charge in [0, 0.05) is 18.2 Å². The third-order valence-electron chi connectivity index (χ3n) is 4.50. The molecule has 0 radical (unpaired) electrons. The molecule has 132 valence electrons. The van der Waals surface area contributed by atoms with E-state index in [0.29, 0.717) is 26.2 Å². The van der Waals surface area contributed by atoms with Crippen LogP contribution in [-0.4, -0.2) is 49.7 Å². The SMILES string of the molecule is Cc1c([N+](=O)[O-])cccc1S(=O)(=O)N1CCCCC1C1OCCO1. The molecular formula is C15H20N2O6S. The van der Waals surface area contributed by atoms with Crippen molar-refractivity contribution in [1.82, 2.24) is 4.31 Å². The molecule has 0 aromatic heterocycles. The monoisotopic (exact) mass is 356 g/mol. The van der Waals surface area contributed by atoms with Crippen molar-refractivity contribution in [2.24, 2.45) is 0 Å². The molecule has 1 aromatic carbocycles. The summed E-state index contributed by atoms with van der Waals surface area (Å²) in [5.74, 6) is 0.